The largest absolute Gasteiger partial charge is 0.321 e. The van der Waals surface area contributed by atoms with Crippen molar-refractivity contribution in [2.75, 3.05) is 5.32 Å². The third-order valence-corrected chi connectivity index (χ3v) is 5.80. The van der Waals surface area contributed by atoms with Gasteiger partial charge in [-0.2, -0.15) is 0 Å². The minimum atomic E-state index is -0.698. The number of hydrogen-bond donors (Lipinski definition) is 2. The van der Waals surface area contributed by atoms with E-state index in [1.807, 2.05) is 30.3 Å². The van der Waals surface area contributed by atoms with Crippen LogP contribution in [-0.4, -0.2) is 17.6 Å². The summed E-state index contributed by atoms with van der Waals surface area (Å²) in [6, 6.07) is 28.1. The molecule has 0 saturated heterocycles. The molecule has 0 aromatic heterocycles. The molecule has 4 aromatic carbocycles. The van der Waals surface area contributed by atoms with Gasteiger partial charge in [0.15, 0.2) is 5.78 Å². The molecule has 0 unspecified atom stereocenters. The lowest BCUT2D eigenvalue weighted by atomic mass is 10.1. The molecule has 4 rings (SSSR count). The Bertz CT molecular complexity index is 1500. The van der Waals surface area contributed by atoms with Crippen LogP contribution in [0.15, 0.2) is 115 Å². The average Bonchev–Trinajstić information content (AvgIpc) is 2.94. The van der Waals surface area contributed by atoms with E-state index in [9.17, 15) is 18.8 Å². The van der Waals surface area contributed by atoms with Crippen LogP contribution >= 0.6 is 11.6 Å². The molecule has 0 spiro atoms. The van der Waals surface area contributed by atoms with E-state index in [0.29, 0.717) is 16.8 Å². The Labute approximate surface area is 224 Å². The molecule has 0 bridgehead atoms. The molecular formula is C31H22ClFN2O3. The van der Waals surface area contributed by atoms with E-state index < -0.39 is 17.6 Å². The number of ketones is 1. The minimum absolute atomic E-state index is 0.0428. The van der Waals surface area contributed by atoms with Gasteiger partial charge in [0.05, 0.1) is 5.02 Å². The van der Waals surface area contributed by atoms with Crippen LogP contribution in [0.3, 0.4) is 0 Å². The summed E-state index contributed by atoms with van der Waals surface area (Å²) >= 11 is 6.14. The molecule has 5 nitrogen and oxygen atoms in total. The van der Waals surface area contributed by atoms with Gasteiger partial charge in [-0.3, -0.25) is 14.4 Å². The number of halogens is 2. The van der Waals surface area contributed by atoms with E-state index in [4.69, 9.17) is 11.6 Å². The van der Waals surface area contributed by atoms with Gasteiger partial charge in [0.2, 0.25) is 0 Å². The van der Waals surface area contributed by atoms with Crippen LogP contribution in [0, 0.1) is 5.82 Å². The fourth-order valence-corrected chi connectivity index (χ4v) is 3.70. The molecule has 2 amide bonds. The van der Waals surface area contributed by atoms with Crippen molar-refractivity contribution in [2.24, 2.45) is 0 Å². The first-order valence-corrected chi connectivity index (χ1v) is 12.0. The maximum absolute atomic E-state index is 14.4. The Kier molecular flexibility index (Phi) is 8.59. The Morgan fingerprint density at radius 2 is 1.39 bits per heavy atom. The topological polar surface area (TPSA) is 75.3 Å². The number of benzene rings is 4. The third-order valence-electron chi connectivity index (χ3n) is 5.47. The van der Waals surface area contributed by atoms with E-state index in [-0.39, 0.29) is 22.1 Å². The zero-order chi connectivity index (χ0) is 26.9. The highest BCUT2D eigenvalue weighted by Gasteiger charge is 2.17. The van der Waals surface area contributed by atoms with E-state index >= 15 is 0 Å². The van der Waals surface area contributed by atoms with Gasteiger partial charge >= 0.3 is 0 Å². The summed E-state index contributed by atoms with van der Waals surface area (Å²) in [4.78, 5) is 38.4. The predicted molar refractivity (Wildman–Crippen MR) is 148 cm³/mol. The minimum Gasteiger partial charge on any atom is -0.321 e. The van der Waals surface area contributed by atoms with Crippen LogP contribution in [-0.2, 0) is 4.79 Å². The second-order valence-electron chi connectivity index (χ2n) is 8.15. The maximum atomic E-state index is 14.4. The molecule has 4 aromatic rings. The van der Waals surface area contributed by atoms with E-state index in [1.54, 1.807) is 60.7 Å². The van der Waals surface area contributed by atoms with Crippen molar-refractivity contribution >= 4 is 47.0 Å². The third kappa shape index (κ3) is 6.90. The second kappa shape index (κ2) is 12.4. The van der Waals surface area contributed by atoms with Crippen LogP contribution in [0.4, 0.5) is 10.1 Å². The SMILES string of the molecule is O=C(Nc1ccc(C(=O)/C=C/c2ccccc2)cc1)/C(=C/c1c(F)cccc1Cl)NC(=O)c1ccccc1. The van der Waals surface area contributed by atoms with Gasteiger partial charge in [0.1, 0.15) is 11.5 Å². The summed E-state index contributed by atoms with van der Waals surface area (Å²) in [6.45, 7) is 0. The molecule has 0 aliphatic heterocycles. The van der Waals surface area contributed by atoms with Crippen molar-refractivity contribution < 1.29 is 18.8 Å². The lowest BCUT2D eigenvalue weighted by Crippen LogP contribution is -2.30. The number of carbonyl (C=O) groups excluding carboxylic acids is 3. The standard InChI is InChI=1S/C31H22ClFN2O3/c32-26-12-7-13-27(33)25(26)20-28(35-30(37)23-10-5-2-6-11-23)31(38)34-24-17-15-22(16-18-24)29(36)19-14-21-8-3-1-4-9-21/h1-20H,(H,34,38)(H,35,37)/b19-14+,28-20-. The molecule has 0 radical (unpaired) electrons. The molecule has 188 valence electrons. The summed E-state index contributed by atoms with van der Waals surface area (Å²) in [7, 11) is 0. The summed E-state index contributed by atoms with van der Waals surface area (Å²) in [5.74, 6) is -2.10. The van der Waals surface area contributed by atoms with Crippen LogP contribution in [0.2, 0.25) is 5.02 Å². The zero-order valence-electron chi connectivity index (χ0n) is 20.0. The maximum Gasteiger partial charge on any atom is 0.272 e. The van der Waals surface area contributed by atoms with Crippen molar-refractivity contribution in [3.63, 3.8) is 0 Å². The van der Waals surface area contributed by atoms with E-state index in [1.165, 1.54) is 30.4 Å². The number of anilines is 1. The van der Waals surface area contributed by atoms with Crippen LogP contribution in [0.1, 0.15) is 31.8 Å². The molecule has 2 N–H and O–H groups in total. The van der Waals surface area contributed by atoms with Gasteiger partial charge < -0.3 is 10.6 Å². The Balaban J connectivity index is 1.53. The Morgan fingerprint density at radius 3 is 2.05 bits per heavy atom. The average molecular weight is 525 g/mol. The number of allylic oxidation sites excluding steroid dienone is 1. The van der Waals surface area contributed by atoms with Crippen molar-refractivity contribution in [3.8, 4) is 0 Å². The molecule has 0 fully saturated rings. The molecule has 7 heteroatoms. The van der Waals surface area contributed by atoms with E-state index in [0.717, 1.165) is 5.56 Å². The Morgan fingerprint density at radius 1 is 0.737 bits per heavy atom. The number of hydrogen-bond acceptors (Lipinski definition) is 3. The van der Waals surface area contributed by atoms with Gasteiger partial charge in [-0.25, -0.2) is 4.39 Å². The van der Waals surface area contributed by atoms with Crippen LogP contribution in [0.5, 0.6) is 0 Å². The fourth-order valence-electron chi connectivity index (χ4n) is 3.48. The summed E-state index contributed by atoms with van der Waals surface area (Å²) in [6.07, 6.45) is 4.37. The van der Waals surface area contributed by atoms with E-state index in [2.05, 4.69) is 10.6 Å². The molecular weight excluding hydrogens is 503 g/mol. The highest BCUT2D eigenvalue weighted by atomic mass is 35.5. The molecule has 0 atom stereocenters. The predicted octanol–water partition coefficient (Wildman–Crippen LogP) is 6.78. The quantitative estimate of drug-likeness (QED) is 0.197. The molecule has 0 heterocycles. The monoisotopic (exact) mass is 524 g/mol. The van der Waals surface area contributed by atoms with Crippen LogP contribution < -0.4 is 10.6 Å². The number of carbonyl (C=O) groups is 3. The van der Waals surface area contributed by atoms with Crippen molar-refractivity contribution in [3.05, 3.63) is 148 Å². The van der Waals surface area contributed by atoms with Crippen molar-refractivity contribution in [2.45, 2.75) is 0 Å². The van der Waals surface area contributed by atoms with Gasteiger partial charge in [0.25, 0.3) is 11.8 Å². The number of rotatable bonds is 8. The van der Waals surface area contributed by atoms with Crippen molar-refractivity contribution in [1.82, 2.24) is 5.32 Å². The summed E-state index contributed by atoms with van der Waals surface area (Å²) in [5.41, 5.74) is 1.77. The second-order valence-corrected chi connectivity index (χ2v) is 8.56. The molecule has 0 aliphatic rings. The number of amides is 2. The molecule has 0 aliphatic carbocycles. The smallest absolute Gasteiger partial charge is 0.272 e. The Hall–Kier alpha value is -4.81. The van der Waals surface area contributed by atoms with Gasteiger partial charge in [0, 0.05) is 22.4 Å². The van der Waals surface area contributed by atoms with Gasteiger partial charge in [-0.05, 0) is 66.2 Å². The zero-order valence-corrected chi connectivity index (χ0v) is 20.8. The lowest BCUT2D eigenvalue weighted by Gasteiger charge is -2.12. The fraction of sp³-hybridized carbons (Fsp3) is 0. The van der Waals surface area contributed by atoms with Crippen molar-refractivity contribution in [1.29, 1.82) is 0 Å². The lowest BCUT2D eigenvalue weighted by molar-refractivity contribution is -0.113. The van der Waals surface area contributed by atoms with Gasteiger partial charge in [-0.15, -0.1) is 0 Å². The molecule has 0 saturated carbocycles. The summed E-state index contributed by atoms with van der Waals surface area (Å²) in [5, 5.41) is 5.28. The highest BCUT2D eigenvalue weighted by Crippen LogP contribution is 2.22. The van der Waals surface area contributed by atoms with Gasteiger partial charge in [-0.1, -0.05) is 72.3 Å². The highest BCUT2D eigenvalue weighted by molar-refractivity contribution is 6.32. The number of nitrogens with one attached hydrogen (secondary N) is 2. The first-order valence-electron chi connectivity index (χ1n) is 11.6. The molecule has 38 heavy (non-hydrogen) atoms. The normalized spacial score (nSPS) is 11.3. The first kappa shape index (κ1) is 26.3. The van der Waals surface area contributed by atoms with Crippen LogP contribution in [0.25, 0.3) is 12.2 Å². The summed E-state index contributed by atoms with van der Waals surface area (Å²) < 4.78 is 14.4. The first-order chi connectivity index (χ1) is 18.4.